The van der Waals surface area contributed by atoms with Gasteiger partial charge in [0.15, 0.2) is 0 Å². The molecule has 0 N–H and O–H groups in total. The number of ether oxygens (including phenoxy) is 1. The van der Waals surface area contributed by atoms with Gasteiger partial charge in [0.1, 0.15) is 6.10 Å². The van der Waals surface area contributed by atoms with Crippen LogP contribution in [0, 0.1) is 11.3 Å². The van der Waals surface area contributed by atoms with Crippen LogP contribution < -0.4 is 4.74 Å². The van der Waals surface area contributed by atoms with Gasteiger partial charge < -0.3 is 9.64 Å². The van der Waals surface area contributed by atoms with Crippen molar-refractivity contribution in [1.29, 1.82) is 5.26 Å². The van der Waals surface area contributed by atoms with Crippen LogP contribution in [-0.2, 0) is 6.18 Å². The van der Waals surface area contributed by atoms with Gasteiger partial charge in [0.2, 0.25) is 5.88 Å². The molecule has 0 bridgehead atoms. The van der Waals surface area contributed by atoms with Crippen LogP contribution in [0.5, 0.6) is 5.88 Å². The lowest BCUT2D eigenvalue weighted by Crippen LogP contribution is -2.31. The number of carbonyl (C=O) groups excluding carboxylic acids is 1. The quantitative estimate of drug-likeness (QED) is 0.842. The SMILES string of the molecule is N#Cc1cccc(C(=O)N2CCC(Oc3cc(C(F)(F)F)ccn3)C2)c1. The molecule has 1 fully saturated rings. The zero-order valence-corrected chi connectivity index (χ0v) is 13.5. The van der Waals surface area contributed by atoms with Crippen LogP contribution in [0.4, 0.5) is 13.2 Å². The van der Waals surface area contributed by atoms with E-state index in [1.165, 1.54) is 6.07 Å². The van der Waals surface area contributed by atoms with E-state index >= 15 is 0 Å². The summed E-state index contributed by atoms with van der Waals surface area (Å²) >= 11 is 0. The zero-order valence-electron chi connectivity index (χ0n) is 13.5. The molecule has 0 spiro atoms. The smallest absolute Gasteiger partial charge is 0.416 e. The molecule has 5 nitrogen and oxygen atoms in total. The molecule has 1 aromatic heterocycles. The fourth-order valence-electron chi connectivity index (χ4n) is 2.73. The number of hydrogen-bond donors (Lipinski definition) is 0. The molecule has 1 saturated heterocycles. The molecule has 8 heteroatoms. The molecule has 0 saturated carbocycles. The third-order valence-electron chi connectivity index (χ3n) is 4.02. The minimum absolute atomic E-state index is 0.120. The molecular weight excluding hydrogens is 347 g/mol. The summed E-state index contributed by atoms with van der Waals surface area (Å²) in [4.78, 5) is 17.9. The van der Waals surface area contributed by atoms with E-state index in [1.807, 2.05) is 6.07 Å². The highest BCUT2D eigenvalue weighted by atomic mass is 19.4. The lowest BCUT2D eigenvalue weighted by molar-refractivity contribution is -0.137. The van der Waals surface area contributed by atoms with Gasteiger partial charge in [-0.3, -0.25) is 4.79 Å². The number of carbonyl (C=O) groups is 1. The monoisotopic (exact) mass is 361 g/mol. The van der Waals surface area contributed by atoms with Crippen molar-refractivity contribution in [2.24, 2.45) is 0 Å². The van der Waals surface area contributed by atoms with Crippen molar-refractivity contribution in [1.82, 2.24) is 9.88 Å². The Morgan fingerprint density at radius 3 is 2.85 bits per heavy atom. The predicted molar refractivity (Wildman–Crippen MR) is 85.3 cm³/mol. The Morgan fingerprint density at radius 2 is 2.12 bits per heavy atom. The van der Waals surface area contributed by atoms with Crippen molar-refractivity contribution in [2.75, 3.05) is 13.1 Å². The number of amides is 1. The highest BCUT2D eigenvalue weighted by Crippen LogP contribution is 2.31. The topological polar surface area (TPSA) is 66.2 Å². The predicted octanol–water partition coefficient (Wildman–Crippen LogP) is 3.27. The Bertz CT molecular complexity index is 861. The average Bonchev–Trinajstić information content (AvgIpc) is 3.09. The number of likely N-dealkylation sites (tertiary alicyclic amines) is 1. The number of rotatable bonds is 3. The summed E-state index contributed by atoms with van der Waals surface area (Å²) in [7, 11) is 0. The van der Waals surface area contributed by atoms with Crippen LogP contribution in [0.2, 0.25) is 0 Å². The normalized spacial score (nSPS) is 17.0. The van der Waals surface area contributed by atoms with Gasteiger partial charge >= 0.3 is 6.18 Å². The maximum Gasteiger partial charge on any atom is 0.416 e. The van der Waals surface area contributed by atoms with E-state index in [0.717, 1.165) is 18.3 Å². The third kappa shape index (κ3) is 3.94. The van der Waals surface area contributed by atoms with Crippen LogP contribution in [0.1, 0.15) is 27.9 Å². The second-order valence-electron chi connectivity index (χ2n) is 5.85. The Morgan fingerprint density at radius 1 is 1.31 bits per heavy atom. The van der Waals surface area contributed by atoms with E-state index < -0.39 is 17.8 Å². The number of hydrogen-bond acceptors (Lipinski definition) is 4. The van der Waals surface area contributed by atoms with Gasteiger partial charge in [-0.15, -0.1) is 0 Å². The van der Waals surface area contributed by atoms with Gasteiger partial charge in [0, 0.05) is 30.8 Å². The second kappa shape index (κ2) is 7.04. The van der Waals surface area contributed by atoms with Crippen molar-refractivity contribution in [3.63, 3.8) is 0 Å². The maximum atomic E-state index is 12.7. The van der Waals surface area contributed by atoms with Gasteiger partial charge in [-0.05, 0) is 24.3 Å². The number of nitriles is 1. The molecule has 1 atom stereocenters. The first-order valence-corrected chi connectivity index (χ1v) is 7.86. The number of aromatic nitrogens is 1. The maximum absolute atomic E-state index is 12.7. The Kier molecular flexibility index (Phi) is 4.80. The largest absolute Gasteiger partial charge is 0.472 e. The number of halogens is 3. The van der Waals surface area contributed by atoms with Crippen LogP contribution in [0.3, 0.4) is 0 Å². The molecule has 1 unspecified atom stereocenters. The van der Waals surface area contributed by atoms with E-state index in [-0.39, 0.29) is 18.3 Å². The van der Waals surface area contributed by atoms with Gasteiger partial charge in [0.05, 0.1) is 23.7 Å². The molecule has 134 valence electrons. The van der Waals surface area contributed by atoms with Crippen molar-refractivity contribution < 1.29 is 22.7 Å². The second-order valence-corrected chi connectivity index (χ2v) is 5.85. The fourth-order valence-corrected chi connectivity index (χ4v) is 2.73. The average molecular weight is 361 g/mol. The zero-order chi connectivity index (χ0) is 18.7. The Balaban J connectivity index is 1.66. The van der Waals surface area contributed by atoms with Gasteiger partial charge in [0.25, 0.3) is 5.91 Å². The summed E-state index contributed by atoms with van der Waals surface area (Å²) in [6.45, 7) is 0.660. The highest BCUT2D eigenvalue weighted by molar-refractivity contribution is 5.94. The molecule has 1 aromatic carbocycles. The fraction of sp³-hybridized carbons (Fsp3) is 0.278. The number of pyridine rings is 1. The van der Waals surface area contributed by atoms with Crippen molar-refractivity contribution in [3.05, 3.63) is 59.3 Å². The molecule has 1 amide bonds. The van der Waals surface area contributed by atoms with Crippen LogP contribution in [-0.4, -0.2) is 35.0 Å². The van der Waals surface area contributed by atoms with E-state index in [1.54, 1.807) is 23.1 Å². The lowest BCUT2D eigenvalue weighted by atomic mass is 10.1. The van der Waals surface area contributed by atoms with Crippen molar-refractivity contribution in [2.45, 2.75) is 18.7 Å². The summed E-state index contributed by atoms with van der Waals surface area (Å²) in [6, 6.07) is 10.1. The third-order valence-corrected chi connectivity index (χ3v) is 4.02. The highest BCUT2D eigenvalue weighted by Gasteiger charge is 2.32. The summed E-state index contributed by atoms with van der Waals surface area (Å²) in [5, 5.41) is 8.91. The molecule has 2 aromatic rings. The van der Waals surface area contributed by atoms with Gasteiger partial charge in [-0.1, -0.05) is 6.07 Å². The van der Waals surface area contributed by atoms with Crippen LogP contribution in [0.25, 0.3) is 0 Å². The van der Waals surface area contributed by atoms with Gasteiger partial charge in [-0.25, -0.2) is 4.98 Å². The first-order valence-electron chi connectivity index (χ1n) is 7.86. The lowest BCUT2D eigenvalue weighted by Gasteiger charge is -2.17. The summed E-state index contributed by atoms with van der Waals surface area (Å²) < 4.78 is 43.7. The molecule has 1 aliphatic rings. The number of benzene rings is 1. The van der Waals surface area contributed by atoms with Crippen LogP contribution >= 0.6 is 0 Å². The van der Waals surface area contributed by atoms with E-state index in [4.69, 9.17) is 10.00 Å². The van der Waals surface area contributed by atoms with E-state index in [0.29, 0.717) is 24.1 Å². The number of alkyl halides is 3. The molecule has 0 aliphatic carbocycles. The molecule has 26 heavy (non-hydrogen) atoms. The van der Waals surface area contributed by atoms with Crippen molar-refractivity contribution >= 4 is 5.91 Å². The van der Waals surface area contributed by atoms with E-state index in [9.17, 15) is 18.0 Å². The Labute approximate surface area is 147 Å². The molecule has 3 rings (SSSR count). The molecule has 2 heterocycles. The Hall–Kier alpha value is -3.08. The summed E-state index contributed by atoms with van der Waals surface area (Å²) in [5.41, 5.74) is -0.0559. The number of nitrogens with zero attached hydrogens (tertiary/aromatic N) is 3. The van der Waals surface area contributed by atoms with Crippen LogP contribution in [0.15, 0.2) is 42.6 Å². The summed E-state index contributed by atoms with van der Waals surface area (Å²) in [5.74, 6) is -0.365. The minimum Gasteiger partial charge on any atom is -0.472 e. The first kappa shape index (κ1) is 17.7. The summed E-state index contributed by atoms with van der Waals surface area (Å²) in [6.07, 6.45) is -3.37. The van der Waals surface area contributed by atoms with Crippen molar-refractivity contribution in [3.8, 4) is 11.9 Å². The molecular formula is C18H14F3N3O2. The van der Waals surface area contributed by atoms with Gasteiger partial charge in [-0.2, -0.15) is 18.4 Å². The minimum atomic E-state index is -4.47. The molecule has 1 aliphatic heterocycles. The molecule has 0 radical (unpaired) electrons. The standard InChI is InChI=1S/C18H14F3N3O2/c19-18(20,21)14-4-6-23-16(9-14)26-15-5-7-24(11-15)17(25)13-3-1-2-12(8-13)10-22/h1-4,6,8-9,15H,5,7,11H2. The van der Waals surface area contributed by atoms with E-state index in [2.05, 4.69) is 4.98 Å². The first-order chi connectivity index (χ1) is 12.4.